The van der Waals surface area contributed by atoms with Crippen LogP contribution in [0.15, 0.2) is 10.9 Å². The van der Waals surface area contributed by atoms with Crippen LogP contribution in [0.1, 0.15) is 18.7 Å². The highest BCUT2D eigenvalue weighted by atomic mass is 16.1. The molecule has 0 bridgehead atoms. The van der Waals surface area contributed by atoms with Gasteiger partial charge in [-0.2, -0.15) is 5.10 Å². The highest BCUT2D eigenvalue weighted by Crippen LogP contribution is 2.24. The minimum absolute atomic E-state index is 0.252. The van der Waals surface area contributed by atoms with Crippen LogP contribution in [0.4, 0.5) is 5.82 Å². The molecule has 1 aliphatic heterocycles. The van der Waals surface area contributed by atoms with Crippen LogP contribution < -0.4 is 16.3 Å². The minimum atomic E-state index is -0.252. The van der Waals surface area contributed by atoms with Gasteiger partial charge < -0.3 is 10.6 Å². The third-order valence-electron chi connectivity index (χ3n) is 3.50. The Morgan fingerprint density at radius 1 is 1.61 bits per heavy atom. The first kappa shape index (κ1) is 11.2. The van der Waals surface area contributed by atoms with Crippen molar-refractivity contribution in [2.24, 2.45) is 5.73 Å². The Morgan fingerprint density at radius 3 is 3.22 bits per heavy atom. The van der Waals surface area contributed by atoms with Gasteiger partial charge in [0, 0.05) is 25.2 Å². The molecule has 1 atom stereocenters. The highest BCUT2D eigenvalue weighted by molar-refractivity contribution is 5.52. The molecule has 0 aliphatic carbocycles. The second-order valence-corrected chi connectivity index (χ2v) is 4.61. The van der Waals surface area contributed by atoms with Gasteiger partial charge in [-0.05, 0) is 19.8 Å². The molecule has 3 rings (SSSR count). The first-order valence-corrected chi connectivity index (χ1v) is 6.12. The lowest BCUT2D eigenvalue weighted by Gasteiger charge is -2.24. The van der Waals surface area contributed by atoms with E-state index in [4.69, 9.17) is 5.73 Å². The molecule has 1 aliphatic rings. The third kappa shape index (κ3) is 1.59. The smallest absolute Gasteiger partial charge is 0.349 e. The van der Waals surface area contributed by atoms with Crippen LogP contribution in [0.3, 0.4) is 0 Å². The molecule has 1 unspecified atom stereocenters. The van der Waals surface area contributed by atoms with E-state index in [0.29, 0.717) is 24.1 Å². The normalized spacial score (nSPS) is 19.9. The average Bonchev–Trinajstić information content (AvgIpc) is 2.95. The van der Waals surface area contributed by atoms with Crippen LogP contribution in [-0.4, -0.2) is 38.7 Å². The zero-order valence-corrected chi connectivity index (χ0v) is 10.3. The third-order valence-corrected chi connectivity index (χ3v) is 3.50. The number of nitrogens with one attached hydrogen (secondary N) is 1. The Balaban J connectivity index is 2.10. The quantitative estimate of drug-likeness (QED) is 0.758. The summed E-state index contributed by atoms with van der Waals surface area (Å²) in [7, 11) is 0. The lowest BCUT2D eigenvalue weighted by Crippen LogP contribution is -2.36. The van der Waals surface area contributed by atoms with Gasteiger partial charge in [-0.3, -0.25) is 0 Å². The molecule has 3 N–H and O–H groups in total. The number of rotatable bonds is 2. The fourth-order valence-corrected chi connectivity index (χ4v) is 2.61. The molecule has 96 valence electrons. The molecular weight excluding hydrogens is 232 g/mol. The van der Waals surface area contributed by atoms with Crippen molar-refractivity contribution < 1.29 is 0 Å². The second-order valence-electron chi connectivity index (χ2n) is 4.61. The number of hydrogen-bond acceptors (Lipinski definition) is 5. The molecular formula is C11H16N6O. The molecule has 0 radical (unpaired) electrons. The van der Waals surface area contributed by atoms with Crippen LogP contribution >= 0.6 is 0 Å². The fourth-order valence-electron chi connectivity index (χ4n) is 2.61. The number of aromatic nitrogens is 4. The van der Waals surface area contributed by atoms with Gasteiger partial charge in [0.2, 0.25) is 0 Å². The van der Waals surface area contributed by atoms with Gasteiger partial charge in [0.1, 0.15) is 11.6 Å². The first-order valence-electron chi connectivity index (χ1n) is 6.12. The first-order chi connectivity index (χ1) is 8.70. The molecule has 2 aromatic heterocycles. The summed E-state index contributed by atoms with van der Waals surface area (Å²) in [6.07, 6.45) is 2.22. The van der Waals surface area contributed by atoms with E-state index in [2.05, 4.69) is 20.1 Å². The number of hydrogen-bond donors (Lipinski definition) is 2. The van der Waals surface area contributed by atoms with E-state index in [1.807, 2.05) is 6.07 Å². The zero-order valence-electron chi connectivity index (χ0n) is 10.3. The van der Waals surface area contributed by atoms with Gasteiger partial charge in [-0.25, -0.2) is 19.3 Å². The van der Waals surface area contributed by atoms with Crippen molar-refractivity contribution in [3.05, 3.63) is 22.4 Å². The fraction of sp³-hybridized carbons (Fsp3) is 0.545. The molecule has 1 saturated heterocycles. The molecule has 7 nitrogen and oxygen atoms in total. The summed E-state index contributed by atoms with van der Waals surface area (Å²) in [5, 5.41) is 6.42. The Labute approximate surface area is 104 Å². The molecule has 0 amide bonds. The van der Waals surface area contributed by atoms with E-state index >= 15 is 0 Å². The topological polar surface area (TPSA) is 92.3 Å². The van der Waals surface area contributed by atoms with Crippen molar-refractivity contribution in [1.29, 1.82) is 0 Å². The summed E-state index contributed by atoms with van der Waals surface area (Å²) in [4.78, 5) is 18.2. The van der Waals surface area contributed by atoms with Gasteiger partial charge in [0.05, 0.1) is 0 Å². The van der Waals surface area contributed by atoms with E-state index in [1.54, 1.807) is 6.92 Å². The molecule has 7 heteroatoms. The lowest BCUT2D eigenvalue weighted by atomic mass is 10.2. The number of nitrogens with zero attached hydrogens (tertiary/aromatic N) is 4. The molecule has 0 spiro atoms. The predicted octanol–water partition coefficient (Wildman–Crippen LogP) is -0.346. The van der Waals surface area contributed by atoms with Crippen molar-refractivity contribution in [3.8, 4) is 0 Å². The largest absolute Gasteiger partial charge is 0.352 e. The summed E-state index contributed by atoms with van der Waals surface area (Å²) in [5.74, 6) is 1.50. The molecule has 2 aromatic rings. The number of aryl methyl sites for hydroxylation is 1. The van der Waals surface area contributed by atoms with Crippen molar-refractivity contribution in [1.82, 2.24) is 19.6 Å². The van der Waals surface area contributed by atoms with Crippen molar-refractivity contribution in [2.75, 3.05) is 18.0 Å². The van der Waals surface area contributed by atoms with Gasteiger partial charge >= 0.3 is 5.69 Å². The van der Waals surface area contributed by atoms with Crippen LogP contribution in [0, 0.1) is 6.92 Å². The second kappa shape index (κ2) is 4.09. The highest BCUT2D eigenvalue weighted by Gasteiger charge is 2.25. The lowest BCUT2D eigenvalue weighted by molar-refractivity contribution is 0.669. The molecule has 3 heterocycles. The zero-order chi connectivity index (χ0) is 12.7. The summed E-state index contributed by atoms with van der Waals surface area (Å²) >= 11 is 0. The maximum atomic E-state index is 11.5. The number of H-pyrrole nitrogens is 1. The van der Waals surface area contributed by atoms with E-state index in [1.165, 1.54) is 4.40 Å². The summed E-state index contributed by atoms with van der Waals surface area (Å²) in [5.41, 5.74) is 6.12. The summed E-state index contributed by atoms with van der Waals surface area (Å²) in [6.45, 7) is 3.39. The number of nitrogens with two attached hydrogens (primary N) is 1. The number of aromatic amines is 1. The van der Waals surface area contributed by atoms with Crippen LogP contribution in [0.2, 0.25) is 0 Å². The molecule has 1 fully saturated rings. The van der Waals surface area contributed by atoms with Gasteiger partial charge in [0.15, 0.2) is 5.65 Å². The van der Waals surface area contributed by atoms with Crippen LogP contribution in [0.5, 0.6) is 0 Å². The maximum absolute atomic E-state index is 11.5. The minimum Gasteiger partial charge on any atom is -0.352 e. The Kier molecular flexibility index (Phi) is 2.55. The van der Waals surface area contributed by atoms with Gasteiger partial charge in [-0.15, -0.1) is 0 Å². The number of fused-ring (bicyclic) bond motifs is 1. The van der Waals surface area contributed by atoms with Crippen molar-refractivity contribution >= 4 is 11.5 Å². The van der Waals surface area contributed by atoms with Crippen molar-refractivity contribution in [2.45, 2.75) is 25.8 Å². The van der Waals surface area contributed by atoms with E-state index in [0.717, 1.165) is 25.2 Å². The Bertz CT molecular complexity index is 630. The SMILES string of the molecule is Cc1nc(N2CCCC2CN)cc2n[nH]c(=O)n12. The standard InChI is InChI=1S/C11H16N6O/c1-7-13-9(16-4-2-3-8(16)6-12)5-10-14-15-11(18)17(7)10/h5,8H,2-4,6,12H2,1H3,(H,15,18). The molecule has 0 aromatic carbocycles. The Morgan fingerprint density at radius 2 is 2.44 bits per heavy atom. The van der Waals surface area contributed by atoms with Crippen molar-refractivity contribution in [3.63, 3.8) is 0 Å². The molecule has 18 heavy (non-hydrogen) atoms. The van der Waals surface area contributed by atoms with Crippen LogP contribution in [0.25, 0.3) is 5.65 Å². The Hall–Kier alpha value is -1.89. The number of anilines is 1. The van der Waals surface area contributed by atoms with Crippen LogP contribution in [-0.2, 0) is 0 Å². The van der Waals surface area contributed by atoms with E-state index in [-0.39, 0.29) is 5.69 Å². The van der Waals surface area contributed by atoms with E-state index < -0.39 is 0 Å². The summed E-state index contributed by atoms with van der Waals surface area (Å²) < 4.78 is 1.47. The van der Waals surface area contributed by atoms with E-state index in [9.17, 15) is 4.79 Å². The predicted molar refractivity (Wildman–Crippen MR) is 67.8 cm³/mol. The molecule has 0 saturated carbocycles. The van der Waals surface area contributed by atoms with Gasteiger partial charge in [0.25, 0.3) is 0 Å². The maximum Gasteiger partial charge on any atom is 0.349 e. The summed E-state index contributed by atoms with van der Waals surface area (Å²) in [6, 6.07) is 2.17. The average molecular weight is 248 g/mol. The van der Waals surface area contributed by atoms with Gasteiger partial charge in [-0.1, -0.05) is 0 Å². The monoisotopic (exact) mass is 248 g/mol.